The van der Waals surface area contributed by atoms with Crippen LogP contribution in [0.25, 0.3) is 11.3 Å². The Morgan fingerprint density at radius 2 is 1.69 bits per heavy atom. The maximum atomic E-state index is 12.2. The zero-order chi connectivity index (χ0) is 20.2. The Labute approximate surface area is 169 Å². The first kappa shape index (κ1) is 19.5. The fraction of sp³-hybridized carbons (Fsp3) is 0.429. The minimum absolute atomic E-state index is 0.0696. The van der Waals surface area contributed by atoms with Crippen LogP contribution in [0.5, 0.6) is 0 Å². The van der Waals surface area contributed by atoms with Gasteiger partial charge in [-0.15, -0.1) is 0 Å². The van der Waals surface area contributed by atoms with Crippen molar-refractivity contribution in [3.05, 3.63) is 64.0 Å². The van der Waals surface area contributed by atoms with Crippen LogP contribution in [0.1, 0.15) is 17.0 Å². The van der Waals surface area contributed by atoms with Crippen LogP contribution in [0, 0.1) is 13.8 Å². The van der Waals surface area contributed by atoms with E-state index < -0.39 is 0 Å². The summed E-state index contributed by atoms with van der Waals surface area (Å²) in [6.45, 7) is 10.2. The molecule has 152 valence electrons. The Morgan fingerprint density at radius 1 is 0.966 bits per heavy atom. The average molecular weight is 394 g/mol. The number of hydrogen-bond donors (Lipinski definition) is 0. The lowest BCUT2D eigenvalue weighted by Gasteiger charge is -2.34. The van der Waals surface area contributed by atoms with Crippen molar-refractivity contribution >= 4 is 0 Å². The van der Waals surface area contributed by atoms with E-state index in [2.05, 4.69) is 25.0 Å². The molecule has 0 aromatic carbocycles. The highest BCUT2D eigenvalue weighted by Crippen LogP contribution is 2.16. The van der Waals surface area contributed by atoms with E-state index in [4.69, 9.17) is 4.52 Å². The largest absolute Gasteiger partial charge is 0.361 e. The summed E-state index contributed by atoms with van der Waals surface area (Å²) >= 11 is 0. The van der Waals surface area contributed by atoms with Gasteiger partial charge < -0.3 is 4.52 Å². The van der Waals surface area contributed by atoms with E-state index in [-0.39, 0.29) is 5.56 Å². The maximum absolute atomic E-state index is 12.2. The summed E-state index contributed by atoms with van der Waals surface area (Å²) in [7, 11) is 0. The minimum Gasteiger partial charge on any atom is -0.361 e. The zero-order valence-electron chi connectivity index (χ0n) is 16.9. The highest BCUT2D eigenvalue weighted by molar-refractivity contribution is 5.56. The van der Waals surface area contributed by atoms with Crippen molar-refractivity contribution in [2.24, 2.45) is 0 Å². The van der Waals surface area contributed by atoms with Crippen LogP contribution in [-0.4, -0.2) is 62.4 Å². The summed E-state index contributed by atoms with van der Waals surface area (Å²) < 4.78 is 6.83. The van der Waals surface area contributed by atoms with Crippen molar-refractivity contribution in [3.8, 4) is 11.3 Å². The molecule has 3 aromatic heterocycles. The van der Waals surface area contributed by atoms with Gasteiger partial charge in [-0.2, -0.15) is 5.10 Å². The van der Waals surface area contributed by atoms with E-state index in [0.29, 0.717) is 6.54 Å². The molecule has 4 heterocycles. The van der Waals surface area contributed by atoms with Crippen LogP contribution in [0.4, 0.5) is 0 Å². The van der Waals surface area contributed by atoms with E-state index in [0.717, 1.165) is 62.0 Å². The molecule has 0 N–H and O–H groups in total. The molecule has 1 aliphatic heterocycles. The van der Waals surface area contributed by atoms with E-state index in [1.54, 1.807) is 29.2 Å². The molecule has 1 saturated heterocycles. The monoisotopic (exact) mass is 394 g/mol. The molecule has 0 amide bonds. The van der Waals surface area contributed by atoms with Crippen molar-refractivity contribution < 1.29 is 4.52 Å². The second kappa shape index (κ2) is 8.67. The van der Waals surface area contributed by atoms with Gasteiger partial charge in [-0.05, 0) is 32.0 Å². The van der Waals surface area contributed by atoms with Gasteiger partial charge in [0, 0.05) is 68.9 Å². The smallest absolute Gasteiger partial charge is 0.266 e. The summed E-state index contributed by atoms with van der Waals surface area (Å²) in [4.78, 5) is 21.1. The van der Waals surface area contributed by atoms with Gasteiger partial charge in [0.25, 0.3) is 5.56 Å². The molecule has 0 unspecified atom stereocenters. The van der Waals surface area contributed by atoms with Crippen molar-refractivity contribution in [2.45, 2.75) is 26.9 Å². The number of pyridine rings is 1. The van der Waals surface area contributed by atoms with Gasteiger partial charge in [0.05, 0.1) is 17.9 Å². The third-order valence-electron chi connectivity index (χ3n) is 5.50. The first-order valence-electron chi connectivity index (χ1n) is 9.95. The van der Waals surface area contributed by atoms with Crippen LogP contribution in [-0.2, 0) is 13.1 Å². The second-order valence-corrected chi connectivity index (χ2v) is 7.44. The fourth-order valence-corrected chi connectivity index (χ4v) is 3.64. The number of hydrogen-bond acceptors (Lipinski definition) is 7. The third-order valence-corrected chi connectivity index (χ3v) is 5.50. The van der Waals surface area contributed by atoms with Gasteiger partial charge in [0.1, 0.15) is 5.76 Å². The molecule has 29 heavy (non-hydrogen) atoms. The maximum Gasteiger partial charge on any atom is 0.266 e. The molecule has 0 atom stereocenters. The number of nitrogens with zero attached hydrogens (tertiary/aromatic N) is 6. The molecule has 0 spiro atoms. The number of piperazine rings is 1. The molecule has 0 aliphatic carbocycles. The molecule has 1 fully saturated rings. The van der Waals surface area contributed by atoms with Gasteiger partial charge in [0.2, 0.25) is 0 Å². The Morgan fingerprint density at radius 3 is 2.38 bits per heavy atom. The van der Waals surface area contributed by atoms with Crippen molar-refractivity contribution in [1.29, 1.82) is 0 Å². The topological polar surface area (TPSA) is 80.3 Å². The van der Waals surface area contributed by atoms with Gasteiger partial charge in [-0.25, -0.2) is 4.68 Å². The standard InChI is InChI=1S/C21H26N6O2/c1-16-19(17(2)29-24-16)15-26-11-9-25(10-12-26)13-14-27-21(28)4-3-20(23-27)18-5-7-22-8-6-18/h3-8H,9-15H2,1-2H3. The molecule has 0 saturated carbocycles. The lowest BCUT2D eigenvalue weighted by molar-refractivity contribution is 0.122. The second-order valence-electron chi connectivity index (χ2n) is 7.44. The zero-order valence-corrected chi connectivity index (χ0v) is 16.9. The van der Waals surface area contributed by atoms with Crippen LogP contribution >= 0.6 is 0 Å². The summed E-state index contributed by atoms with van der Waals surface area (Å²) in [5.74, 6) is 0.907. The van der Waals surface area contributed by atoms with Crippen molar-refractivity contribution in [2.75, 3.05) is 32.7 Å². The molecule has 3 aromatic rings. The van der Waals surface area contributed by atoms with Gasteiger partial charge in [-0.3, -0.25) is 19.6 Å². The number of aromatic nitrogens is 4. The molecule has 1 aliphatic rings. The molecule has 0 radical (unpaired) electrons. The fourth-order valence-electron chi connectivity index (χ4n) is 3.64. The Balaban J connectivity index is 1.32. The lowest BCUT2D eigenvalue weighted by Crippen LogP contribution is -2.47. The summed E-state index contributed by atoms with van der Waals surface area (Å²) in [5.41, 5.74) is 3.85. The van der Waals surface area contributed by atoms with Gasteiger partial charge in [-0.1, -0.05) is 5.16 Å². The van der Waals surface area contributed by atoms with Crippen LogP contribution < -0.4 is 5.56 Å². The summed E-state index contributed by atoms with van der Waals surface area (Å²) in [6, 6.07) is 7.15. The number of aryl methyl sites for hydroxylation is 2. The van der Waals surface area contributed by atoms with Crippen LogP contribution in [0.2, 0.25) is 0 Å². The van der Waals surface area contributed by atoms with E-state index in [1.165, 1.54) is 5.56 Å². The van der Waals surface area contributed by atoms with Gasteiger partial charge in [0.15, 0.2) is 0 Å². The van der Waals surface area contributed by atoms with Gasteiger partial charge >= 0.3 is 0 Å². The Bertz CT molecular complexity index is 986. The van der Waals surface area contributed by atoms with E-state index >= 15 is 0 Å². The third kappa shape index (κ3) is 4.60. The van der Waals surface area contributed by atoms with Crippen LogP contribution in [0.15, 0.2) is 46.0 Å². The normalized spacial score (nSPS) is 15.7. The highest BCUT2D eigenvalue weighted by atomic mass is 16.5. The molecular weight excluding hydrogens is 368 g/mol. The van der Waals surface area contributed by atoms with E-state index in [9.17, 15) is 4.79 Å². The van der Waals surface area contributed by atoms with Crippen LogP contribution in [0.3, 0.4) is 0 Å². The number of rotatable bonds is 6. The first-order valence-corrected chi connectivity index (χ1v) is 9.95. The molecule has 0 bridgehead atoms. The summed E-state index contributed by atoms with van der Waals surface area (Å²) in [5, 5.41) is 8.58. The molecule has 8 nitrogen and oxygen atoms in total. The Hall–Kier alpha value is -2.84. The average Bonchev–Trinajstić information content (AvgIpc) is 3.07. The molecule has 4 rings (SSSR count). The predicted molar refractivity (Wildman–Crippen MR) is 109 cm³/mol. The summed E-state index contributed by atoms with van der Waals surface area (Å²) in [6.07, 6.45) is 3.46. The SMILES string of the molecule is Cc1noc(C)c1CN1CCN(CCn2nc(-c3ccncc3)ccc2=O)CC1. The predicted octanol–water partition coefficient (Wildman–Crippen LogP) is 1.73. The highest BCUT2D eigenvalue weighted by Gasteiger charge is 2.20. The quantitative estimate of drug-likeness (QED) is 0.630. The molecule has 8 heteroatoms. The lowest BCUT2D eigenvalue weighted by atomic mass is 10.2. The van der Waals surface area contributed by atoms with Crippen molar-refractivity contribution in [1.82, 2.24) is 29.7 Å². The minimum atomic E-state index is -0.0696. The van der Waals surface area contributed by atoms with E-state index in [1.807, 2.05) is 26.0 Å². The molecular formula is C21H26N6O2. The van der Waals surface area contributed by atoms with Crippen molar-refractivity contribution in [3.63, 3.8) is 0 Å². The first-order chi connectivity index (χ1) is 14.1. The Kier molecular flexibility index (Phi) is 5.82.